The molecule has 0 spiro atoms. The lowest BCUT2D eigenvalue weighted by molar-refractivity contribution is 0.00253. The third-order valence-corrected chi connectivity index (χ3v) is 5.37. The molecule has 1 aromatic rings. The first kappa shape index (κ1) is 18.0. The molecule has 4 nitrogen and oxygen atoms in total. The molecular formula is C21H29NO3. The van der Waals surface area contributed by atoms with Crippen molar-refractivity contribution in [2.24, 2.45) is 5.92 Å². The van der Waals surface area contributed by atoms with Crippen LogP contribution in [0.5, 0.6) is 0 Å². The van der Waals surface area contributed by atoms with Gasteiger partial charge in [0, 0.05) is 23.6 Å². The van der Waals surface area contributed by atoms with E-state index in [9.17, 15) is 9.59 Å². The average molecular weight is 343 g/mol. The summed E-state index contributed by atoms with van der Waals surface area (Å²) in [5.74, 6) is 0.249. The van der Waals surface area contributed by atoms with E-state index in [1.807, 2.05) is 57.7 Å². The first-order valence-electron chi connectivity index (χ1n) is 9.28. The number of rotatable bonds is 2. The summed E-state index contributed by atoms with van der Waals surface area (Å²) in [6, 6.07) is 6.33. The first-order chi connectivity index (χ1) is 11.7. The van der Waals surface area contributed by atoms with Crippen LogP contribution in [0.15, 0.2) is 18.2 Å². The van der Waals surface area contributed by atoms with Crippen LogP contribution in [0.1, 0.15) is 67.9 Å². The Hall–Kier alpha value is -1.84. The van der Waals surface area contributed by atoms with E-state index < -0.39 is 5.60 Å². The van der Waals surface area contributed by atoms with Crippen LogP contribution in [0, 0.1) is 19.8 Å². The number of hydrogen-bond donors (Lipinski definition) is 0. The van der Waals surface area contributed by atoms with Crippen molar-refractivity contribution in [3.63, 3.8) is 0 Å². The number of carbonyl (C=O) groups is 2. The van der Waals surface area contributed by atoms with Gasteiger partial charge in [0.1, 0.15) is 5.60 Å². The summed E-state index contributed by atoms with van der Waals surface area (Å²) in [4.78, 5) is 27.5. The third-order valence-electron chi connectivity index (χ3n) is 5.37. The van der Waals surface area contributed by atoms with Crippen molar-refractivity contribution in [1.29, 1.82) is 0 Å². The molecule has 2 fully saturated rings. The van der Waals surface area contributed by atoms with Crippen molar-refractivity contribution in [3.05, 3.63) is 34.9 Å². The fourth-order valence-electron chi connectivity index (χ4n) is 4.23. The molecule has 2 heterocycles. The SMILES string of the molecule is Cc1ccc(C)c(C(=O)C2CC3CCC(C2)N3C(=O)OC(C)(C)C)c1. The van der Waals surface area contributed by atoms with E-state index in [1.165, 1.54) is 0 Å². The molecule has 3 rings (SSSR count). The predicted molar refractivity (Wildman–Crippen MR) is 97.9 cm³/mol. The van der Waals surface area contributed by atoms with Crippen molar-refractivity contribution < 1.29 is 14.3 Å². The maximum atomic E-state index is 13.1. The van der Waals surface area contributed by atoms with Crippen molar-refractivity contribution in [3.8, 4) is 0 Å². The zero-order chi connectivity index (χ0) is 18.4. The molecule has 0 radical (unpaired) electrons. The number of aryl methyl sites for hydroxylation is 2. The molecule has 0 saturated carbocycles. The second-order valence-corrected chi connectivity index (χ2v) is 8.62. The summed E-state index contributed by atoms with van der Waals surface area (Å²) < 4.78 is 5.58. The molecule has 2 saturated heterocycles. The van der Waals surface area contributed by atoms with Gasteiger partial charge in [0.05, 0.1) is 0 Å². The molecule has 4 heteroatoms. The number of piperidine rings is 1. The largest absolute Gasteiger partial charge is 0.444 e. The lowest BCUT2D eigenvalue weighted by atomic mass is 9.83. The molecule has 2 aliphatic rings. The molecule has 2 atom stereocenters. The zero-order valence-corrected chi connectivity index (χ0v) is 16.0. The number of Topliss-reactive ketones (excluding diaryl/α,β-unsaturated/α-hetero) is 1. The first-order valence-corrected chi connectivity index (χ1v) is 9.28. The standard InChI is InChI=1S/C21H29NO3/c1-13-6-7-14(2)18(10-13)19(23)15-11-16-8-9-17(12-15)22(16)20(24)25-21(3,4)5/h6-7,10,15-17H,8-9,11-12H2,1-5H3. The maximum absolute atomic E-state index is 13.1. The fourth-order valence-corrected chi connectivity index (χ4v) is 4.23. The van der Waals surface area contributed by atoms with Crippen LogP contribution in [0.25, 0.3) is 0 Å². The van der Waals surface area contributed by atoms with Crippen LogP contribution in [0.2, 0.25) is 0 Å². The number of nitrogens with zero attached hydrogens (tertiary/aromatic N) is 1. The smallest absolute Gasteiger partial charge is 0.410 e. The van der Waals surface area contributed by atoms with E-state index in [-0.39, 0.29) is 29.9 Å². The Morgan fingerprint density at radius 3 is 2.24 bits per heavy atom. The van der Waals surface area contributed by atoms with Gasteiger partial charge in [-0.15, -0.1) is 0 Å². The summed E-state index contributed by atoms with van der Waals surface area (Å²) in [6.45, 7) is 9.69. The lowest BCUT2D eigenvalue weighted by Gasteiger charge is -2.39. The van der Waals surface area contributed by atoms with Gasteiger partial charge in [0.15, 0.2) is 5.78 Å². The zero-order valence-electron chi connectivity index (χ0n) is 16.0. The Morgan fingerprint density at radius 1 is 1.08 bits per heavy atom. The Balaban J connectivity index is 1.74. The van der Waals surface area contributed by atoms with Crippen LogP contribution in [-0.4, -0.2) is 34.5 Å². The summed E-state index contributed by atoms with van der Waals surface area (Å²) in [6.07, 6.45) is 3.22. The van der Waals surface area contributed by atoms with Crippen molar-refractivity contribution in [2.45, 2.75) is 78.0 Å². The van der Waals surface area contributed by atoms with E-state index in [1.54, 1.807) is 0 Å². The van der Waals surface area contributed by atoms with E-state index in [0.29, 0.717) is 0 Å². The molecule has 25 heavy (non-hydrogen) atoms. The Morgan fingerprint density at radius 2 is 1.68 bits per heavy atom. The van der Waals surface area contributed by atoms with Gasteiger partial charge in [0.25, 0.3) is 0 Å². The number of amides is 1. The minimum Gasteiger partial charge on any atom is -0.444 e. The van der Waals surface area contributed by atoms with Gasteiger partial charge in [-0.05, 0) is 71.9 Å². The quantitative estimate of drug-likeness (QED) is 0.734. The maximum Gasteiger partial charge on any atom is 0.410 e. The number of benzene rings is 1. The van der Waals surface area contributed by atoms with Crippen LogP contribution in [0.4, 0.5) is 4.79 Å². The molecule has 0 aliphatic carbocycles. The predicted octanol–water partition coefficient (Wildman–Crippen LogP) is 4.66. The molecule has 2 bridgehead atoms. The molecule has 0 aromatic heterocycles. The Labute approximate surface area is 150 Å². The second-order valence-electron chi connectivity index (χ2n) is 8.62. The van der Waals surface area contributed by atoms with Gasteiger partial charge < -0.3 is 9.64 Å². The third kappa shape index (κ3) is 3.73. The van der Waals surface area contributed by atoms with Crippen molar-refractivity contribution in [1.82, 2.24) is 4.90 Å². The number of ether oxygens (including phenoxy) is 1. The number of fused-ring (bicyclic) bond motifs is 2. The van der Waals surface area contributed by atoms with Gasteiger partial charge in [-0.1, -0.05) is 17.7 Å². The van der Waals surface area contributed by atoms with Gasteiger partial charge in [-0.3, -0.25) is 4.79 Å². The minimum atomic E-state index is -0.484. The highest BCUT2D eigenvalue weighted by Gasteiger charge is 2.46. The van der Waals surface area contributed by atoms with Gasteiger partial charge in [-0.25, -0.2) is 4.79 Å². The monoisotopic (exact) mass is 343 g/mol. The molecule has 136 valence electrons. The summed E-state index contributed by atoms with van der Waals surface area (Å²) in [5, 5.41) is 0. The van der Waals surface area contributed by atoms with E-state index >= 15 is 0 Å². The highest BCUT2D eigenvalue weighted by molar-refractivity contribution is 5.99. The van der Waals surface area contributed by atoms with Crippen LogP contribution in [0.3, 0.4) is 0 Å². The molecule has 0 N–H and O–H groups in total. The number of carbonyl (C=O) groups excluding carboxylic acids is 2. The molecule has 2 aliphatic heterocycles. The fraction of sp³-hybridized carbons (Fsp3) is 0.619. The van der Waals surface area contributed by atoms with Gasteiger partial charge in [-0.2, -0.15) is 0 Å². The normalized spacial score (nSPS) is 25.8. The molecule has 1 amide bonds. The van der Waals surface area contributed by atoms with E-state index in [2.05, 4.69) is 0 Å². The van der Waals surface area contributed by atoms with E-state index in [4.69, 9.17) is 4.74 Å². The minimum absolute atomic E-state index is 0.0108. The Bertz CT molecular complexity index is 675. The lowest BCUT2D eigenvalue weighted by Crippen LogP contribution is -2.49. The van der Waals surface area contributed by atoms with Gasteiger partial charge >= 0.3 is 6.09 Å². The highest BCUT2D eigenvalue weighted by atomic mass is 16.6. The highest BCUT2D eigenvalue weighted by Crippen LogP contribution is 2.41. The van der Waals surface area contributed by atoms with Crippen molar-refractivity contribution >= 4 is 11.9 Å². The Kier molecular flexibility index (Phi) is 4.65. The summed E-state index contributed by atoms with van der Waals surface area (Å²) in [5.41, 5.74) is 2.51. The van der Waals surface area contributed by atoms with Gasteiger partial charge in [0.2, 0.25) is 0 Å². The number of ketones is 1. The average Bonchev–Trinajstić information content (AvgIpc) is 2.78. The second kappa shape index (κ2) is 6.47. The van der Waals surface area contributed by atoms with Crippen LogP contribution < -0.4 is 0 Å². The number of hydrogen-bond acceptors (Lipinski definition) is 3. The van der Waals surface area contributed by atoms with E-state index in [0.717, 1.165) is 42.4 Å². The topological polar surface area (TPSA) is 46.6 Å². The molecule has 1 aromatic carbocycles. The summed E-state index contributed by atoms with van der Waals surface area (Å²) >= 11 is 0. The molecular weight excluding hydrogens is 314 g/mol. The summed E-state index contributed by atoms with van der Waals surface area (Å²) in [7, 11) is 0. The van der Waals surface area contributed by atoms with Crippen LogP contribution >= 0.6 is 0 Å². The van der Waals surface area contributed by atoms with Crippen molar-refractivity contribution in [2.75, 3.05) is 0 Å². The van der Waals surface area contributed by atoms with Crippen LogP contribution in [-0.2, 0) is 4.74 Å². The molecule has 2 unspecified atom stereocenters.